The van der Waals surface area contributed by atoms with Gasteiger partial charge in [0, 0.05) is 25.7 Å². The Morgan fingerprint density at radius 3 is 2.85 bits per heavy atom. The topological polar surface area (TPSA) is 82.1 Å². The van der Waals surface area contributed by atoms with Crippen LogP contribution < -0.4 is 5.32 Å². The van der Waals surface area contributed by atoms with Crippen molar-refractivity contribution in [2.45, 2.75) is 44.2 Å². The molecule has 26 heavy (non-hydrogen) atoms. The average molecular weight is 365 g/mol. The molecule has 6 atom stereocenters. The molecule has 3 aliphatic carbocycles. The second-order valence-corrected chi connectivity index (χ2v) is 8.74. The summed E-state index contributed by atoms with van der Waals surface area (Å²) in [4.78, 5) is 27.2. The summed E-state index contributed by atoms with van der Waals surface area (Å²) in [6.07, 6.45) is 6.48. The van der Waals surface area contributed by atoms with Gasteiger partial charge in [-0.2, -0.15) is 0 Å². The third-order valence-corrected chi connectivity index (χ3v) is 7.08. The van der Waals surface area contributed by atoms with Gasteiger partial charge >= 0.3 is 12.0 Å². The summed E-state index contributed by atoms with van der Waals surface area (Å²) in [5.74, 6) is 2.46. The highest BCUT2D eigenvalue weighted by molar-refractivity contribution is 5.74. The Kier molecular flexibility index (Phi) is 5.10. The summed E-state index contributed by atoms with van der Waals surface area (Å²) >= 11 is 0. The van der Waals surface area contributed by atoms with Crippen LogP contribution in [0.4, 0.5) is 4.79 Å². The number of hydrogen-bond acceptors (Lipinski definition) is 4. The highest BCUT2D eigenvalue weighted by atomic mass is 16.5. The second kappa shape index (κ2) is 7.35. The number of ether oxygens (including phenoxy) is 1. The number of rotatable bonds is 5. The highest BCUT2D eigenvalue weighted by Gasteiger charge is 2.54. The molecule has 2 N–H and O–H groups in total. The first-order valence-electron chi connectivity index (χ1n) is 10.1. The second-order valence-electron chi connectivity index (χ2n) is 8.74. The number of morpholine rings is 1. The van der Waals surface area contributed by atoms with Crippen molar-refractivity contribution in [3.05, 3.63) is 0 Å². The minimum absolute atomic E-state index is 0.0141. The number of fused-ring (bicyclic) bond motifs is 5. The number of urea groups is 1. The Balaban J connectivity index is 1.28. The van der Waals surface area contributed by atoms with Crippen LogP contribution in [0.3, 0.4) is 0 Å². The lowest BCUT2D eigenvalue weighted by atomic mass is 9.79. The van der Waals surface area contributed by atoms with Gasteiger partial charge in [0.05, 0.1) is 19.3 Å². The molecule has 146 valence electrons. The molecule has 1 saturated heterocycles. The van der Waals surface area contributed by atoms with Gasteiger partial charge in [-0.15, -0.1) is 0 Å². The fraction of sp³-hybridized carbons (Fsp3) is 0.895. The van der Waals surface area contributed by atoms with E-state index in [0.29, 0.717) is 38.2 Å². The molecule has 0 aromatic rings. The average Bonchev–Trinajstić information content (AvgIpc) is 3.27. The van der Waals surface area contributed by atoms with E-state index < -0.39 is 5.97 Å². The number of amides is 2. The maximum atomic E-state index is 12.8. The number of carbonyl (C=O) groups excluding carboxylic acids is 1. The molecule has 6 unspecified atom stereocenters. The van der Waals surface area contributed by atoms with E-state index >= 15 is 0 Å². The van der Waals surface area contributed by atoms with Crippen LogP contribution in [0.15, 0.2) is 0 Å². The molecule has 4 rings (SSSR count). The zero-order valence-corrected chi connectivity index (χ0v) is 15.6. The van der Waals surface area contributed by atoms with E-state index in [9.17, 15) is 9.59 Å². The van der Waals surface area contributed by atoms with Crippen LogP contribution in [0.2, 0.25) is 0 Å². The Morgan fingerprint density at radius 1 is 1.23 bits per heavy atom. The lowest BCUT2D eigenvalue weighted by Crippen LogP contribution is -2.55. The van der Waals surface area contributed by atoms with E-state index in [1.54, 1.807) is 11.9 Å². The van der Waals surface area contributed by atoms with Crippen LogP contribution in [-0.2, 0) is 9.53 Å². The molecule has 1 heterocycles. The van der Waals surface area contributed by atoms with E-state index in [1.165, 1.54) is 25.7 Å². The van der Waals surface area contributed by atoms with Crippen molar-refractivity contribution >= 4 is 12.0 Å². The van der Waals surface area contributed by atoms with Crippen molar-refractivity contribution in [2.24, 2.45) is 23.7 Å². The number of carboxylic acids is 1. The standard InChI is InChI=1S/C19H31N3O4/c1-21(11-18(23)24)9-13-10-22(5-6-26-13)19(25)20-17-8-12-7-16(17)15-4-2-3-14(12)15/h12-17H,2-11H2,1H3,(H,20,25)(H,23,24). The number of hydrogen-bond donors (Lipinski definition) is 2. The maximum Gasteiger partial charge on any atom is 0.317 e. The van der Waals surface area contributed by atoms with Crippen LogP contribution in [-0.4, -0.2) is 78.9 Å². The summed E-state index contributed by atoms with van der Waals surface area (Å²) in [6, 6.07) is 0.383. The molecule has 4 fully saturated rings. The predicted molar refractivity (Wildman–Crippen MR) is 95.8 cm³/mol. The number of carbonyl (C=O) groups is 2. The Bertz CT molecular complexity index is 557. The van der Waals surface area contributed by atoms with Gasteiger partial charge in [-0.05, 0) is 56.4 Å². The van der Waals surface area contributed by atoms with Crippen LogP contribution in [0.25, 0.3) is 0 Å². The zero-order chi connectivity index (χ0) is 18.3. The van der Waals surface area contributed by atoms with E-state index in [-0.39, 0.29) is 18.7 Å². The SMILES string of the molecule is CN(CC(=O)O)CC1CN(C(=O)NC2CC3CC2C2CCCC32)CCO1. The van der Waals surface area contributed by atoms with Crippen molar-refractivity contribution in [1.82, 2.24) is 15.1 Å². The molecule has 1 aliphatic heterocycles. The van der Waals surface area contributed by atoms with Gasteiger partial charge in [-0.25, -0.2) is 4.79 Å². The van der Waals surface area contributed by atoms with Gasteiger partial charge in [0.15, 0.2) is 0 Å². The fourth-order valence-corrected chi connectivity index (χ4v) is 6.14. The first-order chi connectivity index (χ1) is 12.5. The molecule has 2 amide bonds. The monoisotopic (exact) mass is 365 g/mol. The largest absolute Gasteiger partial charge is 0.480 e. The number of nitrogens with zero attached hydrogens (tertiary/aromatic N) is 2. The van der Waals surface area contributed by atoms with Gasteiger partial charge in [-0.3, -0.25) is 9.69 Å². The molecule has 4 aliphatic rings. The highest BCUT2D eigenvalue weighted by Crippen LogP contribution is 2.58. The van der Waals surface area contributed by atoms with Crippen molar-refractivity contribution in [1.29, 1.82) is 0 Å². The van der Waals surface area contributed by atoms with Gasteiger partial charge < -0.3 is 20.1 Å². The van der Waals surface area contributed by atoms with Gasteiger partial charge in [0.2, 0.25) is 0 Å². The third-order valence-electron chi connectivity index (χ3n) is 7.08. The van der Waals surface area contributed by atoms with E-state index in [0.717, 1.165) is 24.2 Å². The van der Waals surface area contributed by atoms with Gasteiger partial charge in [0.1, 0.15) is 0 Å². The van der Waals surface area contributed by atoms with Crippen molar-refractivity contribution in [3.63, 3.8) is 0 Å². The smallest absolute Gasteiger partial charge is 0.317 e. The Labute approximate surface area is 155 Å². The molecule has 2 bridgehead atoms. The quantitative estimate of drug-likeness (QED) is 0.766. The number of nitrogens with one attached hydrogen (secondary N) is 1. The number of carboxylic acid groups (broad SMARTS) is 1. The molecule has 0 aromatic heterocycles. The lowest BCUT2D eigenvalue weighted by molar-refractivity contribution is -0.138. The number of likely N-dealkylation sites (N-methyl/N-ethyl adjacent to an activating group) is 1. The summed E-state index contributed by atoms with van der Waals surface area (Å²) in [6.45, 7) is 2.16. The summed E-state index contributed by atoms with van der Waals surface area (Å²) in [5.41, 5.74) is 0. The molecule has 0 spiro atoms. The van der Waals surface area contributed by atoms with Crippen molar-refractivity contribution < 1.29 is 19.4 Å². The maximum absolute atomic E-state index is 12.8. The zero-order valence-electron chi connectivity index (χ0n) is 15.6. The van der Waals surface area contributed by atoms with E-state index in [2.05, 4.69) is 5.32 Å². The minimum Gasteiger partial charge on any atom is -0.480 e. The molecule has 7 heteroatoms. The summed E-state index contributed by atoms with van der Waals surface area (Å²) < 4.78 is 5.73. The fourth-order valence-electron chi connectivity index (χ4n) is 6.14. The van der Waals surface area contributed by atoms with E-state index in [1.807, 2.05) is 4.90 Å². The molecule has 0 radical (unpaired) electrons. The molecular formula is C19H31N3O4. The van der Waals surface area contributed by atoms with Crippen LogP contribution in [0.1, 0.15) is 32.1 Å². The van der Waals surface area contributed by atoms with Crippen LogP contribution in [0.5, 0.6) is 0 Å². The Morgan fingerprint density at radius 2 is 2.04 bits per heavy atom. The first kappa shape index (κ1) is 18.0. The van der Waals surface area contributed by atoms with Crippen LogP contribution in [0, 0.1) is 23.7 Å². The normalized spacial score (nSPS) is 38.6. The van der Waals surface area contributed by atoms with Crippen LogP contribution >= 0.6 is 0 Å². The predicted octanol–water partition coefficient (Wildman–Crippen LogP) is 1.24. The third kappa shape index (κ3) is 3.56. The minimum atomic E-state index is -0.848. The first-order valence-corrected chi connectivity index (χ1v) is 10.1. The summed E-state index contributed by atoms with van der Waals surface area (Å²) in [5, 5.41) is 12.2. The van der Waals surface area contributed by atoms with Gasteiger partial charge in [-0.1, -0.05) is 6.42 Å². The molecular weight excluding hydrogens is 334 g/mol. The van der Waals surface area contributed by atoms with Gasteiger partial charge in [0.25, 0.3) is 0 Å². The molecule has 7 nitrogen and oxygen atoms in total. The van der Waals surface area contributed by atoms with E-state index in [4.69, 9.17) is 9.84 Å². The summed E-state index contributed by atoms with van der Waals surface area (Å²) in [7, 11) is 1.77. The Hall–Kier alpha value is -1.34. The number of aliphatic carboxylic acids is 1. The lowest BCUT2D eigenvalue weighted by Gasteiger charge is -2.37. The molecule has 0 aromatic carbocycles. The molecule has 3 saturated carbocycles. The van der Waals surface area contributed by atoms with Crippen molar-refractivity contribution in [2.75, 3.05) is 39.8 Å². The van der Waals surface area contributed by atoms with Crippen molar-refractivity contribution in [3.8, 4) is 0 Å².